The molecule has 0 aromatic heterocycles. The minimum Gasteiger partial charge on any atom is -0.481 e. The number of carbonyl (C=O) groups excluding carboxylic acids is 1. The number of nitrogens with zero attached hydrogens (tertiary/aromatic N) is 1. The van der Waals surface area contributed by atoms with Crippen LogP contribution in [0.1, 0.15) is 24.2 Å². The highest BCUT2D eigenvalue weighted by molar-refractivity contribution is 5.98. The van der Waals surface area contributed by atoms with E-state index in [1.165, 1.54) is 0 Å². The van der Waals surface area contributed by atoms with Gasteiger partial charge in [-0.05, 0) is 26.0 Å². The number of rotatable bonds is 4. The molecule has 0 N–H and O–H groups in total. The molecule has 0 aliphatic carbocycles. The van der Waals surface area contributed by atoms with Crippen LogP contribution in [-0.2, 0) is 0 Å². The second kappa shape index (κ2) is 5.25. The SMILES string of the molecule is CC(=O)c1cc(OC(C)C(F)(F)F)ccc1[N+](=O)[O-]. The van der Waals surface area contributed by atoms with Crippen molar-refractivity contribution in [2.45, 2.75) is 26.1 Å². The van der Waals surface area contributed by atoms with Gasteiger partial charge in [-0.15, -0.1) is 0 Å². The standard InChI is InChI=1S/C11H10F3NO4/c1-6(16)9-5-8(3-4-10(9)15(17)18)19-7(2)11(12,13)14/h3-5,7H,1-2H3. The summed E-state index contributed by atoms with van der Waals surface area (Å²) in [7, 11) is 0. The normalized spacial score (nSPS) is 12.9. The summed E-state index contributed by atoms with van der Waals surface area (Å²) in [6, 6.07) is 2.89. The van der Waals surface area contributed by atoms with Crippen LogP contribution in [0.15, 0.2) is 18.2 Å². The molecule has 104 valence electrons. The maximum atomic E-state index is 12.3. The first kappa shape index (κ1) is 14.9. The van der Waals surface area contributed by atoms with E-state index in [1.807, 2.05) is 0 Å². The molecular formula is C11H10F3NO4. The molecule has 19 heavy (non-hydrogen) atoms. The number of nitro benzene ring substituents is 1. The topological polar surface area (TPSA) is 69.4 Å². The first-order valence-electron chi connectivity index (χ1n) is 5.15. The molecule has 8 heteroatoms. The Labute approximate surface area is 106 Å². The molecular weight excluding hydrogens is 267 g/mol. The molecule has 0 aliphatic rings. The molecule has 0 amide bonds. The van der Waals surface area contributed by atoms with E-state index >= 15 is 0 Å². The molecule has 1 rings (SSSR count). The summed E-state index contributed by atoms with van der Waals surface area (Å²) < 4.78 is 41.5. The van der Waals surface area contributed by atoms with E-state index in [1.54, 1.807) is 0 Å². The van der Waals surface area contributed by atoms with Crippen LogP contribution in [0.2, 0.25) is 0 Å². The number of Topliss-reactive ketones (excluding diaryl/α,β-unsaturated/α-hetero) is 1. The highest BCUT2D eigenvalue weighted by atomic mass is 19.4. The Kier molecular flexibility index (Phi) is 4.13. The Hall–Kier alpha value is -2.12. The molecule has 1 aromatic carbocycles. The molecule has 5 nitrogen and oxygen atoms in total. The van der Waals surface area contributed by atoms with Crippen molar-refractivity contribution in [3.63, 3.8) is 0 Å². The number of ketones is 1. The van der Waals surface area contributed by atoms with Gasteiger partial charge in [0.2, 0.25) is 0 Å². The summed E-state index contributed by atoms with van der Waals surface area (Å²) in [4.78, 5) is 21.1. The van der Waals surface area contributed by atoms with Crippen molar-refractivity contribution in [2.75, 3.05) is 0 Å². The van der Waals surface area contributed by atoms with Gasteiger partial charge in [0.05, 0.1) is 10.5 Å². The van der Waals surface area contributed by atoms with E-state index in [9.17, 15) is 28.1 Å². The van der Waals surface area contributed by atoms with Crippen molar-refractivity contribution < 1.29 is 27.6 Å². The van der Waals surface area contributed by atoms with Crippen molar-refractivity contribution in [1.29, 1.82) is 0 Å². The summed E-state index contributed by atoms with van der Waals surface area (Å²) in [5.74, 6) is -0.877. The summed E-state index contributed by atoms with van der Waals surface area (Å²) >= 11 is 0. The summed E-state index contributed by atoms with van der Waals surface area (Å²) in [6.45, 7) is 1.88. The maximum Gasteiger partial charge on any atom is 0.425 e. The quantitative estimate of drug-likeness (QED) is 0.481. The molecule has 0 fully saturated rings. The molecule has 0 radical (unpaired) electrons. The zero-order valence-electron chi connectivity index (χ0n) is 10.0. The number of nitro groups is 1. The molecule has 0 bridgehead atoms. The predicted octanol–water partition coefficient (Wildman–Crippen LogP) is 3.13. The van der Waals surface area contributed by atoms with Crippen LogP contribution < -0.4 is 4.74 Å². The Morgan fingerprint density at radius 1 is 1.42 bits per heavy atom. The van der Waals surface area contributed by atoms with Gasteiger partial charge in [0, 0.05) is 6.07 Å². The fourth-order valence-corrected chi connectivity index (χ4v) is 1.30. The summed E-state index contributed by atoms with van der Waals surface area (Å²) in [5, 5.41) is 10.7. The Bertz CT molecular complexity index is 513. The van der Waals surface area contributed by atoms with Crippen LogP contribution in [0.3, 0.4) is 0 Å². The van der Waals surface area contributed by atoms with Crippen molar-refractivity contribution >= 4 is 11.5 Å². The molecule has 1 atom stereocenters. The first-order chi connectivity index (χ1) is 8.62. The Morgan fingerprint density at radius 2 is 2.00 bits per heavy atom. The second-order valence-electron chi connectivity index (χ2n) is 3.79. The van der Waals surface area contributed by atoms with Gasteiger partial charge in [0.25, 0.3) is 5.69 Å². The van der Waals surface area contributed by atoms with Crippen molar-refractivity contribution in [3.05, 3.63) is 33.9 Å². The van der Waals surface area contributed by atoms with E-state index in [2.05, 4.69) is 4.74 Å². The van der Waals surface area contributed by atoms with Gasteiger partial charge in [0.15, 0.2) is 11.9 Å². The predicted molar refractivity (Wildman–Crippen MR) is 59.2 cm³/mol. The number of hydrogen-bond acceptors (Lipinski definition) is 4. The largest absolute Gasteiger partial charge is 0.481 e. The van der Waals surface area contributed by atoms with Crippen molar-refractivity contribution in [2.24, 2.45) is 0 Å². The lowest BCUT2D eigenvalue weighted by Gasteiger charge is -2.17. The van der Waals surface area contributed by atoms with Gasteiger partial charge < -0.3 is 4.74 Å². The lowest BCUT2D eigenvalue weighted by atomic mass is 10.1. The number of halogens is 3. The fraction of sp³-hybridized carbons (Fsp3) is 0.364. The van der Waals surface area contributed by atoms with Crippen LogP contribution in [0, 0.1) is 10.1 Å². The van der Waals surface area contributed by atoms with E-state index in [0.717, 1.165) is 32.0 Å². The summed E-state index contributed by atoms with van der Waals surface area (Å²) in [5.41, 5.74) is -0.767. The van der Waals surface area contributed by atoms with E-state index in [4.69, 9.17) is 0 Å². The minimum absolute atomic E-state index is 0.249. The molecule has 0 heterocycles. The lowest BCUT2D eigenvalue weighted by Crippen LogP contribution is -2.31. The third kappa shape index (κ3) is 3.67. The Morgan fingerprint density at radius 3 is 2.42 bits per heavy atom. The zero-order valence-corrected chi connectivity index (χ0v) is 10.0. The molecule has 1 aromatic rings. The molecule has 1 unspecified atom stereocenters. The highest BCUT2D eigenvalue weighted by Crippen LogP contribution is 2.28. The van der Waals surface area contributed by atoms with Crippen LogP contribution in [-0.4, -0.2) is 23.0 Å². The fourth-order valence-electron chi connectivity index (χ4n) is 1.30. The number of benzene rings is 1. The molecule has 0 spiro atoms. The van der Waals surface area contributed by atoms with Crippen molar-refractivity contribution in [3.8, 4) is 5.75 Å². The molecule has 0 saturated heterocycles. The average molecular weight is 277 g/mol. The Balaban J connectivity index is 3.10. The zero-order chi connectivity index (χ0) is 14.8. The van der Waals surface area contributed by atoms with Gasteiger partial charge >= 0.3 is 6.18 Å². The number of carbonyl (C=O) groups is 1. The third-order valence-electron chi connectivity index (χ3n) is 2.32. The smallest absolute Gasteiger partial charge is 0.425 e. The maximum absolute atomic E-state index is 12.3. The lowest BCUT2D eigenvalue weighted by molar-refractivity contribution is -0.385. The molecule has 0 saturated carbocycles. The summed E-state index contributed by atoms with van der Waals surface area (Å²) in [6.07, 6.45) is -6.63. The van der Waals surface area contributed by atoms with E-state index in [0.29, 0.717) is 0 Å². The van der Waals surface area contributed by atoms with Gasteiger partial charge in [-0.25, -0.2) is 0 Å². The minimum atomic E-state index is -4.56. The van der Waals surface area contributed by atoms with Crippen molar-refractivity contribution in [1.82, 2.24) is 0 Å². The average Bonchev–Trinajstić information content (AvgIpc) is 2.27. The first-order valence-corrected chi connectivity index (χ1v) is 5.15. The molecule has 0 aliphatic heterocycles. The third-order valence-corrected chi connectivity index (χ3v) is 2.32. The van der Waals surface area contributed by atoms with E-state index < -0.39 is 28.7 Å². The monoisotopic (exact) mass is 277 g/mol. The number of hydrogen-bond donors (Lipinski definition) is 0. The van der Waals surface area contributed by atoms with Gasteiger partial charge in [-0.1, -0.05) is 0 Å². The van der Waals surface area contributed by atoms with Crippen LogP contribution in [0.4, 0.5) is 18.9 Å². The van der Waals surface area contributed by atoms with Gasteiger partial charge in [-0.2, -0.15) is 13.2 Å². The number of alkyl halides is 3. The van der Waals surface area contributed by atoms with E-state index in [-0.39, 0.29) is 11.3 Å². The van der Waals surface area contributed by atoms with Crippen LogP contribution in [0.25, 0.3) is 0 Å². The number of ether oxygens (including phenoxy) is 1. The highest BCUT2D eigenvalue weighted by Gasteiger charge is 2.38. The van der Waals surface area contributed by atoms with Crippen LogP contribution in [0.5, 0.6) is 5.75 Å². The van der Waals surface area contributed by atoms with Crippen LogP contribution >= 0.6 is 0 Å². The van der Waals surface area contributed by atoms with Gasteiger partial charge in [0.1, 0.15) is 5.75 Å². The second-order valence-corrected chi connectivity index (χ2v) is 3.79. The van der Waals surface area contributed by atoms with Gasteiger partial charge in [-0.3, -0.25) is 14.9 Å².